The Balaban J connectivity index is 2.39. The van der Waals surface area contributed by atoms with Gasteiger partial charge in [0.05, 0.1) is 24.8 Å². The van der Waals surface area contributed by atoms with Gasteiger partial charge in [-0.05, 0) is 23.6 Å². The van der Waals surface area contributed by atoms with E-state index >= 15 is 0 Å². The highest BCUT2D eigenvalue weighted by molar-refractivity contribution is 5.60. The molecule has 0 N–H and O–H groups in total. The van der Waals surface area contributed by atoms with Gasteiger partial charge in [0.15, 0.2) is 0 Å². The van der Waals surface area contributed by atoms with Gasteiger partial charge >= 0.3 is 0 Å². The number of hydrogen-bond acceptors (Lipinski definition) is 6. The van der Waals surface area contributed by atoms with Crippen molar-refractivity contribution in [1.29, 1.82) is 0 Å². The fraction of sp³-hybridized carbons (Fsp3) is 0.333. The van der Waals surface area contributed by atoms with E-state index < -0.39 is 4.92 Å². The van der Waals surface area contributed by atoms with Gasteiger partial charge < -0.3 is 9.47 Å². The van der Waals surface area contributed by atoms with E-state index in [1.807, 2.05) is 6.07 Å². The first-order chi connectivity index (χ1) is 11.8. The van der Waals surface area contributed by atoms with Crippen LogP contribution in [0, 0.1) is 10.1 Å². The van der Waals surface area contributed by atoms with E-state index in [2.05, 4.69) is 31.0 Å². The molecule has 0 saturated heterocycles. The smallest absolute Gasteiger partial charge is 0.269 e. The molecule has 0 aliphatic rings. The lowest BCUT2D eigenvalue weighted by Gasteiger charge is -2.23. The summed E-state index contributed by atoms with van der Waals surface area (Å²) in [5, 5.41) is 19.0. The summed E-state index contributed by atoms with van der Waals surface area (Å²) >= 11 is 0. The molecule has 7 heteroatoms. The Hall–Kier alpha value is -2.96. The number of rotatable bonds is 5. The van der Waals surface area contributed by atoms with Crippen LogP contribution in [0.2, 0.25) is 0 Å². The predicted molar refractivity (Wildman–Crippen MR) is 95.5 cm³/mol. The van der Waals surface area contributed by atoms with Gasteiger partial charge in [0.1, 0.15) is 17.2 Å². The van der Waals surface area contributed by atoms with Crippen LogP contribution in [0.1, 0.15) is 26.3 Å². The van der Waals surface area contributed by atoms with Crippen molar-refractivity contribution < 1.29 is 14.4 Å². The molecule has 0 aromatic heterocycles. The van der Waals surface area contributed by atoms with E-state index in [9.17, 15) is 10.1 Å². The Morgan fingerprint density at radius 3 is 2.04 bits per heavy atom. The number of nitro groups is 1. The topological polar surface area (TPSA) is 86.3 Å². The zero-order chi connectivity index (χ0) is 18.6. The quantitative estimate of drug-likeness (QED) is 0.417. The van der Waals surface area contributed by atoms with Crippen molar-refractivity contribution in [3.8, 4) is 11.5 Å². The second kappa shape index (κ2) is 7.29. The summed E-state index contributed by atoms with van der Waals surface area (Å²) in [7, 11) is 3.17. The van der Waals surface area contributed by atoms with Crippen molar-refractivity contribution in [2.45, 2.75) is 26.2 Å². The minimum Gasteiger partial charge on any atom is -0.496 e. The minimum atomic E-state index is -0.458. The highest BCUT2D eigenvalue weighted by Crippen LogP contribution is 2.40. The molecule has 0 unspecified atom stereocenters. The molecule has 0 amide bonds. The van der Waals surface area contributed by atoms with Crippen LogP contribution >= 0.6 is 0 Å². The normalized spacial score (nSPS) is 11.6. The predicted octanol–water partition coefficient (Wildman–Crippen LogP) is 5.32. The van der Waals surface area contributed by atoms with E-state index in [-0.39, 0.29) is 11.1 Å². The fourth-order valence-corrected chi connectivity index (χ4v) is 2.30. The molecule has 0 heterocycles. The lowest BCUT2D eigenvalue weighted by molar-refractivity contribution is -0.384. The molecule has 2 aromatic rings. The number of nitrogens with zero attached hydrogens (tertiary/aromatic N) is 3. The molecule has 0 bridgehead atoms. The third-order valence-electron chi connectivity index (χ3n) is 3.64. The van der Waals surface area contributed by atoms with Gasteiger partial charge in [-0.2, -0.15) is 5.11 Å². The summed E-state index contributed by atoms with van der Waals surface area (Å²) in [6, 6.07) is 9.50. The maximum Gasteiger partial charge on any atom is 0.269 e. The summed E-state index contributed by atoms with van der Waals surface area (Å²) in [4.78, 5) is 10.2. The van der Waals surface area contributed by atoms with Gasteiger partial charge in [-0.1, -0.05) is 20.8 Å². The molecule has 0 aliphatic carbocycles. The highest BCUT2D eigenvalue weighted by Gasteiger charge is 2.21. The van der Waals surface area contributed by atoms with Crippen LogP contribution in [0.4, 0.5) is 17.1 Å². The summed E-state index contributed by atoms with van der Waals surface area (Å²) in [5.74, 6) is 1.28. The van der Waals surface area contributed by atoms with Gasteiger partial charge in [0, 0.05) is 23.8 Å². The Labute approximate surface area is 146 Å². The van der Waals surface area contributed by atoms with E-state index in [1.54, 1.807) is 20.3 Å². The van der Waals surface area contributed by atoms with Crippen molar-refractivity contribution >= 4 is 17.1 Å². The SMILES string of the molecule is COc1cc(C(C)(C)C)c(OC)cc1/N=N/c1ccc([N+](=O)[O-])cc1. The number of ether oxygens (including phenoxy) is 2. The lowest BCUT2D eigenvalue weighted by Crippen LogP contribution is -2.13. The first-order valence-electron chi connectivity index (χ1n) is 7.69. The van der Waals surface area contributed by atoms with Crippen molar-refractivity contribution in [2.24, 2.45) is 10.2 Å². The van der Waals surface area contributed by atoms with Crippen LogP contribution < -0.4 is 9.47 Å². The number of azo groups is 1. The van der Waals surface area contributed by atoms with Crippen molar-refractivity contribution in [1.82, 2.24) is 0 Å². The van der Waals surface area contributed by atoms with E-state index in [0.29, 0.717) is 22.9 Å². The number of hydrogen-bond donors (Lipinski definition) is 0. The second-order valence-electron chi connectivity index (χ2n) is 6.45. The summed E-state index contributed by atoms with van der Waals surface area (Å²) in [6.07, 6.45) is 0. The zero-order valence-corrected chi connectivity index (χ0v) is 14.9. The van der Waals surface area contributed by atoms with Gasteiger partial charge in [-0.3, -0.25) is 10.1 Å². The van der Waals surface area contributed by atoms with Crippen LogP contribution in [0.15, 0.2) is 46.6 Å². The van der Waals surface area contributed by atoms with Gasteiger partial charge in [-0.25, -0.2) is 0 Å². The maximum absolute atomic E-state index is 10.7. The number of benzene rings is 2. The molecular weight excluding hydrogens is 322 g/mol. The Morgan fingerprint density at radius 1 is 0.960 bits per heavy atom. The number of non-ortho nitro benzene ring substituents is 1. The first-order valence-corrected chi connectivity index (χ1v) is 7.69. The standard InChI is InChI=1S/C18H21N3O4/c1-18(2,3)14-10-17(25-5)15(11-16(14)24-4)20-19-12-6-8-13(9-7-12)21(22)23/h6-11H,1-5H3/b20-19+. The van der Waals surface area contributed by atoms with Crippen molar-refractivity contribution in [3.05, 3.63) is 52.1 Å². The third-order valence-corrected chi connectivity index (χ3v) is 3.64. The summed E-state index contributed by atoms with van der Waals surface area (Å²) in [5.41, 5.74) is 1.92. The molecule has 2 rings (SSSR count). The molecule has 2 aromatic carbocycles. The minimum absolute atomic E-state index is 0.00716. The van der Waals surface area contributed by atoms with Gasteiger partial charge in [-0.15, -0.1) is 5.11 Å². The second-order valence-corrected chi connectivity index (χ2v) is 6.45. The molecule has 25 heavy (non-hydrogen) atoms. The number of methoxy groups -OCH3 is 2. The third kappa shape index (κ3) is 4.32. The molecule has 0 fully saturated rings. The molecular formula is C18H21N3O4. The van der Waals surface area contributed by atoms with Gasteiger partial charge in [0.2, 0.25) is 0 Å². The number of nitro benzene ring substituents is 1. The summed E-state index contributed by atoms with van der Waals surface area (Å²) in [6.45, 7) is 6.26. The van der Waals surface area contributed by atoms with E-state index in [0.717, 1.165) is 5.56 Å². The Kier molecular flexibility index (Phi) is 5.36. The van der Waals surface area contributed by atoms with Crippen LogP contribution in [0.25, 0.3) is 0 Å². The van der Waals surface area contributed by atoms with E-state index in [4.69, 9.17) is 9.47 Å². The highest BCUT2D eigenvalue weighted by atomic mass is 16.6. The van der Waals surface area contributed by atoms with Crippen LogP contribution in [-0.4, -0.2) is 19.1 Å². The lowest BCUT2D eigenvalue weighted by atomic mass is 9.86. The molecule has 0 saturated carbocycles. The molecule has 0 atom stereocenters. The average molecular weight is 343 g/mol. The Morgan fingerprint density at radius 2 is 1.56 bits per heavy atom. The molecule has 0 radical (unpaired) electrons. The molecule has 132 valence electrons. The monoisotopic (exact) mass is 343 g/mol. The van der Waals surface area contributed by atoms with Gasteiger partial charge in [0.25, 0.3) is 5.69 Å². The van der Waals surface area contributed by atoms with Crippen molar-refractivity contribution in [3.63, 3.8) is 0 Å². The zero-order valence-electron chi connectivity index (χ0n) is 14.9. The maximum atomic E-state index is 10.7. The van der Waals surface area contributed by atoms with Crippen LogP contribution in [0.3, 0.4) is 0 Å². The molecule has 0 spiro atoms. The van der Waals surface area contributed by atoms with Crippen LogP contribution in [0.5, 0.6) is 11.5 Å². The average Bonchev–Trinajstić information content (AvgIpc) is 2.58. The Bertz CT molecular complexity index is 793. The molecule has 0 aliphatic heterocycles. The largest absolute Gasteiger partial charge is 0.496 e. The fourth-order valence-electron chi connectivity index (χ4n) is 2.30. The van der Waals surface area contributed by atoms with Crippen LogP contribution in [-0.2, 0) is 5.41 Å². The first kappa shape index (κ1) is 18.4. The summed E-state index contributed by atoms with van der Waals surface area (Å²) < 4.78 is 10.9. The van der Waals surface area contributed by atoms with Crippen molar-refractivity contribution in [2.75, 3.05) is 14.2 Å². The molecule has 7 nitrogen and oxygen atoms in total. The van der Waals surface area contributed by atoms with E-state index in [1.165, 1.54) is 24.3 Å².